The van der Waals surface area contributed by atoms with E-state index >= 15 is 0 Å². The lowest BCUT2D eigenvalue weighted by molar-refractivity contribution is 0.0999. The van der Waals surface area contributed by atoms with Crippen LogP contribution in [0.15, 0.2) is 66.7 Å². The second-order valence-electron chi connectivity index (χ2n) is 5.65. The van der Waals surface area contributed by atoms with Crippen LogP contribution in [0.5, 0.6) is 0 Å². The maximum absolute atomic E-state index is 13.5. The average molecular weight is 416 g/mol. The van der Waals surface area contributed by atoms with Gasteiger partial charge in [0.2, 0.25) is 0 Å². The second-order valence-corrected chi connectivity index (χ2v) is 6.88. The molecular formula is C21H13Cl3N2O. The third-order valence-electron chi connectivity index (χ3n) is 3.97. The predicted molar refractivity (Wildman–Crippen MR) is 110 cm³/mol. The van der Waals surface area contributed by atoms with Crippen LogP contribution in [0.3, 0.4) is 0 Å². The van der Waals surface area contributed by atoms with E-state index in [2.05, 4.69) is 6.07 Å². The zero-order chi connectivity index (χ0) is 19.4. The number of carbonyl (C=O) groups is 1. The fraction of sp³-hybridized carbons (Fsp3) is 0.0476. The van der Waals surface area contributed by atoms with Gasteiger partial charge in [-0.25, -0.2) is 0 Å². The topological polar surface area (TPSA) is 44.1 Å². The Morgan fingerprint density at radius 3 is 2.11 bits per heavy atom. The Labute approximate surface area is 172 Å². The molecule has 0 aliphatic carbocycles. The first-order valence-electron chi connectivity index (χ1n) is 8.02. The van der Waals surface area contributed by atoms with E-state index in [-0.39, 0.29) is 12.3 Å². The van der Waals surface area contributed by atoms with Crippen LogP contribution in [0.1, 0.15) is 15.9 Å². The van der Waals surface area contributed by atoms with Crippen molar-refractivity contribution in [3.8, 4) is 6.07 Å². The molecule has 1 amide bonds. The van der Waals surface area contributed by atoms with Crippen LogP contribution < -0.4 is 4.90 Å². The smallest absolute Gasteiger partial charge is 0.264 e. The second kappa shape index (κ2) is 8.45. The summed E-state index contributed by atoms with van der Waals surface area (Å²) in [5.74, 6) is -0.388. The van der Waals surface area contributed by atoms with E-state index in [1.807, 2.05) is 6.07 Å². The molecule has 134 valence electrons. The lowest BCUT2D eigenvalue weighted by Gasteiger charge is -2.27. The van der Waals surface area contributed by atoms with Crippen LogP contribution in [0, 0.1) is 11.3 Å². The number of nitrogens with zero attached hydrogens (tertiary/aromatic N) is 2. The Balaban J connectivity index is 2.27. The van der Waals surface area contributed by atoms with Gasteiger partial charge in [0.05, 0.1) is 44.5 Å². The van der Waals surface area contributed by atoms with Crippen LogP contribution >= 0.6 is 34.8 Å². The van der Waals surface area contributed by atoms with Crippen molar-refractivity contribution in [1.29, 1.82) is 5.26 Å². The van der Waals surface area contributed by atoms with Gasteiger partial charge in [-0.3, -0.25) is 9.69 Å². The van der Waals surface area contributed by atoms with Crippen LogP contribution in [-0.2, 0) is 6.42 Å². The van der Waals surface area contributed by atoms with E-state index in [0.717, 1.165) is 0 Å². The molecule has 0 saturated carbocycles. The number of hydrogen-bond donors (Lipinski definition) is 0. The van der Waals surface area contributed by atoms with Crippen molar-refractivity contribution in [1.82, 2.24) is 0 Å². The number of carbonyl (C=O) groups excluding carboxylic acids is 1. The summed E-state index contributed by atoms with van der Waals surface area (Å²) in [7, 11) is 0. The van der Waals surface area contributed by atoms with Gasteiger partial charge in [-0.2, -0.15) is 5.26 Å². The van der Waals surface area contributed by atoms with Gasteiger partial charge >= 0.3 is 0 Å². The highest BCUT2D eigenvalue weighted by Gasteiger charge is 2.27. The van der Waals surface area contributed by atoms with Crippen molar-refractivity contribution in [2.75, 3.05) is 4.90 Å². The molecule has 0 aliphatic rings. The molecule has 0 heterocycles. The van der Waals surface area contributed by atoms with E-state index in [1.54, 1.807) is 60.7 Å². The van der Waals surface area contributed by atoms with E-state index in [4.69, 9.17) is 34.8 Å². The molecule has 0 radical (unpaired) electrons. The molecule has 3 aromatic carbocycles. The molecule has 0 fully saturated rings. The highest BCUT2D eigenvalue weighted by molar-refractivity contribution is 6.41. The Kier molecular flexibility index (Phi) is 6.03. The van der Waals surface area contributed by atoms with Gasteiger partial charge in [-0.1, -0.05) is 71.2 Å². The number of amides is 1. The maximum Gasteiger partial charge on any atom is 0.264 e. The Hall–Kier alpha value is -2.51. The van der Waals surface area contributed by atoms with Crippen molar-refractivity contribution in [3.05, 3.63) is 92.9 Å². The van der Waals surface area contributed by atoms with E-state index in [9.17, 15) is 10.1 Å². The van der Waals surface area contributed by atoms with Gasteiger partial charge in [0.1, 0.15) is 0 Å². The quantitative estimate of drug-likeness (QED) is 0.476. The Bertz CT molecular complexity index is 1020. The number of benzene rings is 3. The molecule has 0 unspecified atom stereocenters. The van der Waals surface area contributed by atoms with Crippen molar-refractivity contribution in [2.24, 2.45) is 0 Å². The average Bonchev–Trinajstić information content (AvgIpc) is 2.66. The highest BCUT2D eigenvalue weighted by Crippen LogP contribution is 2.40. The SMILES string of the molecule is N#CCc1ccccc1N(C(=O)c1ccccc1Cl)c1c(Cl)cccc1Cl. The molecular weight excluding hydrogens is 403 g/mol. The molecule has 3 aromatic rings. The van der Waals surface area contributed by atoms with Gasteiger partial charge in [0, 0.05) is 0 Å². The summed E-state index contributed by atoms with van der Waals surface area (Å²) in [5.41, 5.74) is 1.86. The molecule has 3 nitrogen and oxygen atoms in total. The van der Waals surface area contributed by atoms with Gasteiger partial charge in [-0.05, 0) is 35.9 Å². The van der Waals surface area contributed by atoms with Crippen molar-refractivity contribution in [2.45, 2.75) is 6.42 Å². The molecule has 0 aliphatic heterocycles. The van der Waals surface area contributed by atoms with Crippen LogP contribution in [0.2, 0.25) is 15.1 Å². The molecule has 27 heavy (non-hydrogen) atoms. The Morgan fingerprint density at radius 2 is 1.44 bits per heavy atom. The highest BCUT2D eigenvalue weighted by atomic mass is 35.5. The van der Waals surface area contributed by atoms with Gasteiger partial charge in [0.15, 0.2) is 0 Å². The summed E-state index contributed by atoms with van der Waals surface area (Å²) in [6.07, 6.45) is 0.130. The molecule has 6 heteroatoms. The molecule has 0 N–H and O–H groups in total. The number of rotatable bonds is 4. The minimum absolute atomic E-state index is 0.130. The number of anilines is 2. The molecule has 3 rings (SSSR count). The number of para-hydroxylation sites is 2. The zero-order valence-corrected chi connectivity index (χ0v) is 16.3. The largest absolute Gasteiger partial charge is 0.274 e. The molecule has 0 spiro atoms. The summed E-state index contributed by atoms with van der Waals surface area (Å²) in [6, 6.07) is 21.0. The van der Waals surface area contributed by atoms with E-state index in [0.29, 0.717) is 37.6 Å². The third kappa shape index (κ3) is 3.94. The minimum atomic E-state index is -0.388. The lowest BCUT2D eigenvalue weighted by atomic mass is 10.1. The minimum Gasteiger partial charge on any atom is -0.274 e. The first-order chi connectivity index (χ1) is 13.0. The normalized spacial score (nSPS) is 10.3. The summed E-state index contributed by atoms with van der Waals surface area (Å²) >= 11 is 19.0. The summed E-state index contributed by atoms with van der Waals surface area (Å²) in [5, 5.41) is 10.1. The standard InChI is InChI=1S/C21H13Cl3N2O/c22-16-8-3-2-7-15(16)21(27)26(20-17(23)9-5-10-18(20)24)19-11-4-1-6-14(19)12-13-25/h1-11H,12H2. The van der Waals surface area contributed by atoms with Crippen molar-refractivity contribution < 1.29 is 4.79 Å². The zero-order valence-electron chi connectivity index (χ0n) is 14.0. The number of nitriles is 1. The lowest BCUT2D eigenvalue weighted by Crippen LogP contribution is -2.28. The fourth-order valence-corrected chi connectivity index (χ4v) is 3.54. The van der Waals surface area contributed by atoms with Gasteiger partial charge < -0.3 is 0 Å². The summed E-state index contributed by atoms with van der Waals surface area (Å²) < 4.78 is 0. The van der Waals surface area contributed by atoms with Gasteiger partial charge in [0.25, 0.3) is 5.91 Å². The fourth-order valence-electron chi connectivity index (χ4n) is 2.75. The van der Waals surface area contributed by atoms with E-state index < -0.39 is 0 Å². The number of hydrogen-bond acceptors (Lipinski definition) is 2. The van der Waals surface area contributed by atoms with Crippen molar-refractivity contribution >= 4 is 52.1 Å². The van der Waals surface area contributed by atoms with Crippen LogP contribution in [0.4, 0.5) is 11.4 Å². The van der Waals surface area contributed by atoms with Gasteiger partial charge in [-0.15, -0.1) is 0 Å². The number of halogens is 3. The molecule has 0 aromatic heterocycles. The summed E-state index contributed by atoms with van der Waals surface area (Å²) in [4.78, 5) is 14.9. The third-order valence-corrected chi connectivity index (χ3v) is 4.91. The predicted octanol–water partition coefficient (Wildman–Crippen LogP) is 6.69. The van der Waals surface area contributed by atoms with Crippen LogP contribution in [0.25, 0.3) is 0 Å². The van der Waals surface area contributed by atoms with E-state index in [1.165, 1.54) is 4.90 Å². The molecule has 0 saturated heterocycles. The summed E-state index contributed by atoms with van der Waals surface area (Å²) in [6.45, 7) is 0. The monoisotopic (exact) mass is 414 g/mol. The molecule has 0 bridgehead atoms. The first kappa shape index (κ1) is 19.3. The molecule has 0 atom stereocenters. The van der Waals surface area contributed by atoms with Crippen LogP contribution in [-0.4, -0.2) is 5.91 Å². The van der Waals surface area contributed by atoms with Crippen molar-refractivity contribution in [3.63, 3.8) is 0 Å². The maximum atomic E-state index is 13.5. The Morgan fingerprint density at radius 1 is 0.852 bits per heavy atom. The first-order valence-corrected chi connectivity index (χ1v) is 9.16.